The van der Waals surface area contributed by atoms with Crippen molar-refractivity contribution in [3.05, 3.63) is 36.0 Å². The summed E-state index contributed by atoms with van der Waals surface area (Å²) in [7, 11) is 0. The molecule has 2 rings (SSSR count). The zero-order valence-corrected chi connectivity index (χ0v) is 23.8. The number of aromatic amines is 1. The van der Waals surface area contributed by atoms with Crippen molar-refractivity contribution in [2.24, 2.45) is 11.7 Å². The molecule has 0 bridgehead atoms. The van der Waals surface area contributed by atoms with Gasteiger partial charge < -0.3 is 36.9 Å². The van der Waals surface area contributed by atoms with Crippen molar-refractivity contribution in [1.82, 2.24) is 20.9 Å². The number of carbonyl (C=O) groups excluding carboxylic acids is 3. The number of nitrogens with one attached hydrogen (secondary N) is 4. The average Bonchev–Trinajstić information content (AvgIpc) is 3.30. The van der Waals surface area contributed by atoms with E-state index in [0.717, 1.165) is 16.5 Å². The third kappa shape index (κ3) is 10.2. The molecule has 12 nitrogen and oxygen atoms in total. The van der Waals surface area contributed by atoms with Gasteiger partial charge in [-0.15, -0.1) is 0 Å². The zero-order chi connectivity index (χ0) is 29.8. The van der Waals surface area contributed by atoms with E-state index in [0.29, 0.717) is 12.2 Å². The molecule has 1 heterocycles. The predicted molar refractivity (Wildman–Crippen MR) is 153 cm³/mol. The summed E-state index contributed by atoms with van der Waals surface area (Å²) in [5.41, 5.74) is 7.62. The first-order valence-corrected chi connectivity index (χ1v) is 14.5. The van der Waals surface area contributed by atoms with Crippen LogP contribution in [-0.2, 0) is 30.4 Å². The molecule has 1 aromatic carbocycles. The van der Waals surface area contributed by atoms with Gasteiger partial charge >= 0.3 is 11.9 Å². The van der Waals surface area contributed by atoms with Crippen LogP contribution in [0.25, 0.3) is 10.9 Å². The second-order valence-corrected chi connectivity index (χ2v) is 11.0. The van der Waals surface area contributed by atoms with Crippen LogP contribution in [0.4, 0.5) is 0 Å². The number of hydrogen-bond acceptors (Lipinski definition) is 7. The van der Waals surface area contributed by atoms with Crippen LogP contribution in [0, 0.1) is 5.92 Å². The Kier molecular flexibility index (Phi) is 12.9. The second kappa shape index (κ2) is 15.9. The van der Waals surface area contributed by atoms with Crippen LogP contribution in [0.5, 0.6) is 0 Å². The molecular weight excluding hydrogens is 538 g/mol. The summed E-state index contributed by atoms with van der Waals surface area (Å²) >= 11 is 1.41. The van der Waals surface area contributed by atoms with Crippen molar-refractivity contribution in [1.29, 1.82) is 0 Å². The molecule has 0 aliphatic rings. The molecule has 0 saturated carbocycles. The molecule has 0 aliphatic heterocycles. The molecule has 2 aromatic rings. The highest BCUT2D eigenvalue weighted by Crippen LogP contribution is 2.19. The van der Waals surface area contributed by atoms with Gasteiger partial charge in [0.15, 0.2) is 0 Å². The van der Waals surface area contributed by atoms with Crippen LogP contribution in [0.1, 0.15) is 45.1 Å². The third-order valence-corrected chi connectivity index (χ3v) is 6.94. The molecule has 8 N–H and O–H groups in total. The lowest BCUT2D eigenvalue weighted by atomic mass is 10.0. The Balaban J connectivity index is 2.30. The Bertz CT molecular complexity index is 1180. The number of amides is 3. The molecular formula is C27H39N5O7S. The molecule has 0 spiro atoms. The van der Waals surface area contributed by atoms with Crippen LogP contribution >= 0.6 is 11.8 Å². The van der Waals surface area contributed by atoms with Gasteiger partial charge in [0.05, 0.1) is 6.04 Å². The number of fused-ring (bicyclic) bond motifs is 1. The van der Waals surface area contributed by atoms with Gasteiger partial charge in [0.2, 0.25) is 17.7 Å². The topological polar surface area (TPSA) is 204 Å². The highest BCUT2D eigenvalue weighted by molar-refractivity contribution is 7.98. The molecule has 13 heteroatoms. The lowest BCUT2D eigenvalue weighted by Crippen LogP contribution is -2.57. The SMILES string of the molecule is CSCCC(NC(=O)C(CCC(=O)O)NC(=O)C(Cc1c[nH]c2ccccc12)NC(=O)C(N)CC(C)C)C(=O)O. The van der Waals surface area contributed by atoms with Crippen LogP contribution in [-0.4, -0.2) is 81.0 Å². The maximum absolute atomic E-state index is 13.5. The molecule has 220 valence electrons. The highest BCUT2D eigenvalue weighted by atomic mass is 32.2. The van der Waals surface area contributed by atoms with Gasteiger partial charge in [0.1, 0.15) is 18.1 Å². The first-order chi connectivity index (χ1) is 18.9. The summed E-state index contributed by atoms with van der Waals surface area (Å²) < 4.78 is 0. The smallest absolute Gasteiger partial charge is 0.326 e. The Morgan fingerprint density at radius 1 is 0.925 bits per heavy atom. The minimum Gasteiger partial charge on any atom is -0.481 e. The van der Waals surface area contributed by atoms with Gasteiger partial charge in [-0.1, -0.05) is 32.0 Å². The summed E-state index contributed by atoms with van der Waals surface area (Å²) in [6, 6.07) is 2.88. The summed E-state index contributed by atoms with van der Waals surface area (Å²) in [6.45, 7) is 3.83. The maximum atomic E-state index is 13.5. The fourth-order valence-corrected chi connectivity index (χ4v) is 4.67. The summed E-state index contributed by atoms with van der Waals surface area (Å²) in [5.74, 6) is -3.91. The van der Waals surface area contributed by atoms with E-state index in [1.165, 1.54) is 11.8 Å². The van der Waals surface area contributed by atoms with Crippen LogP contribution in [0.3, 0.4) is 0 Å². The van der Waals surface area contributed by atoms with Gasteiger partial charge in [0.25, 0.3) is 0 Å². The normalized spacial score (nSPS) is 14.2. The number of carboxylic acids is 2. The van der Waals surface area contributed by atoms with E-state index in [-0.39, 0.29) is 25.2 Å². The van der Waals surface area contributed by atoms with E-state index in [9.17, 15) is 34.2 Å². The molecule has 3 amide bonds. The van der Waals surface area contributed by atoms with Gasteiger partial charge in [-0.05, 0) is 48.8 Å². The Hall–Kier alpha value is -3.58. The lowest BCUT2D eigenvalue weighted by Gasteiger charge is -2.25. The van der Waals surface area contributed by atoms with Crippen molar-refractivity contribution < 1.29 is 34.2 Å². The number of para-hydroxylation sites is 1. The monoisotopic (exact) mass is 577 g/mol. The minimum absolute atomic E-state index is 0.0642. The number of thioether (sulfide) groups is 1. The average molecular weight is 578 g/mol. The van der Waals surface area contributed by atoms with Crippen molar-refractivity contribution in [3.8, 4) is 0 Å². The van der Waals surface area contributed by atoms with Crippen molar-refractivity contribution in [3.63, 3.8) is 0 Å². The van der Waals surface area contributed by atoms with Gasteiger partial charge in [-0.2, -0.15) is 11.8 Å². The fourth-order valence-electron chi connectivity index (χ4n) is 4.20. The minimum atomic E-state index is -1.34. The number of nitrogens with two attached hydrogens (primary N) is 1. The lowest BCUT2D eigenvalue weighted by molar-refractivity contribution is -0.143. The Morgan fingerprint density at radius 2 is 1.55 bits per heavy atom. The quantitative estimate of drug-likeness (QED) is 0.144. The molecule has 40 heavy (non-hydrogen) atoms. The van der Waals surface area contributed by atoms with E-state index in [1.807, 2.05) is 38.1 Å². The van der Waals surface area contributed by atoms with E-state index >= 15 is 0 Å². The number of aliphatic carboxylic acids is 2. The van der Waals surface area contributed by atoms with E-state index in [4.69, 9.17) is 5.73 Å². The molecule has 0 saturated heterocycles. The number of rotatable bonds is 17. The first kappa shape index (κ1) is 32.6. The number of aromatic nitrogens is 1. The van der Waals surface area contributed by atoms with E-state index < -0.39 is 60.2 Å². The largest absolute Gasteiger partial charge is 0.481 e. The Morgan fingerprint density at radius 3 is 2.17 bits per heavy atom. The maximum Gasteiger partial charge on any atom is 0.326 e. The van der Waals surface area contributed by atoms with Gasteiger partial charge in [0, 0.05) is 29.9 Å². The zero-order valence-electron chi connectivity index (χ0n) is 22.9. The van der Waals surface area contributed by atoms with E-state index in [1.54, 1.807) is 12.5 Å². The van der Waals surface area contributed by atoms with Crippen molar-refractivity contribution in [2.45, 2.75) is 70.1 Å². The summed E-state index contributed by atoms with van der Waals surface area (Å²) in [4.78, 5) is 65.4. The predicted octanol–water partition coefficient (Wildman–Crippen LogP) is 1.24. The number of benzene rings is 1. The number of hydrogen-bond donors (Lipinski definition) is 7. The van der Waals surface area contributed by atoms with Crippen LogP contribution in [0.2, 0.25) is 0 Å². The standard InChI is InChI=1S/C27H39N5O7S/c1-15(2)12-18(28)24(35)32-22(13-16-14-29-19-7-5-4-6-17(16)19)26(37)30-20(8-9-23(33)34)25(36)31-21(27(38)39)10-11-40-3/h4-7,14-15,18,20-22,29H,8-13,28H2,1-3H3,(H,30,37)(H,31,36)(H,32,35)(H,33,34)(H,38,39). The third-order valence-electron chi connectivity index (χ3n) is 6.30. The molecule has 1 aromatic heterocycles. The molecule has 4 atom stereocenters. The van der Waals surface area contributed by atoms with Crippen LogP contribution in [0.15, 0.2) is 30.5 Å². The Labute approximate surface area is 237 Å². The summed E-state index contributed by atoms with van der Waals surface area (Å²) in [5, 5.41) is 27.1. The number of carbonyl (C=O) groups is 5. The van der Waals surface area contributed by atoms with Crippen LogP contribution < -0.4 is 21.7 Å². The van der Waals surface area contributed by atoms with Crippen molar-refractivity contribution in [2.75, 3.05) is 12.0 Å². The highest BCUT2D eigenvalue weighted by Gasteiger charge is 2.31. The van der Waals surface area contributed by atoms with E-state index in [2.05, 4.69) is 20.9 Å². The molecule has 4 unspecified atom stereocenters. The van der Waals surface area contributed by atoms with Gasteiger partial charge in [-0.25, -0.2) is 4.79 Å². The number of carboxylic acid groups (broad SMARTS) is 2. The second-order valence-electron chi connectivity index (χ2n) is 10.0. The fraction of sp³-hybridized carbons (Fsp3) is 0.519. The molecule has 0 aliphatic carbocycles. The first-order valence-electron chi connectivity index (χ1n) is 13.1. The molecule has 0 fully saturated rings. The van der Waals surface area contributed by atoms with Crippen molar-refractivity contribution >= 4 is 52.3 Å². The van der Waals surface area contributed by atoms with Gasteiger partial charge in [-0.3, -0.25) is 19.2 Å². The summed E-state index contributed by atoms with van der Waals surface area (Å²) in [6.07, 6.45) is 3.41. The number of H-pyrrole nitrogens is 1. The molecule has 0 radical (unpaired) electrons.